The van der Waals surface area contributed by atoms with Gasteiger partial charge in [0.1, 0.15) is 11.5 Å². The molecule has 0 aliphatic carbocycles. The molecular formula is C25H36N2O2. The van der Waals surface area contributed by atoms with Crippen LogP contribution in [0.1, 0.15) is 44.2 Å². The van der Waals surface area contributed by atoms with Gasteiger partial charge in [-0.1, -0.05) is 50.1 Å². The molecule has 1 saturated heterocycles. The van der Waals surface area contributed by atoms with Gasteiger partial charge in [0, 0.05) is 32.2 Å². The van der Waals surface area contributed by atoms with Crippen LogP contribution in [0.4, 0.5) is 0 Å². The first-order valence-electron chi connectivity index (χ1n) is 11.0. The quantitative estimate of drug-likeness (QED) is 0.642. The minimum Gasteiger partial charge on any atom is -0.457 e. The maximum atomic E-state index is 9.76. The maximum absolute atomic E-state index is 9.76. The highest BCUT2D eigenvalue weighted by Crippen LogP contribution is 2.23. The van der Waals surface area contributed by atoms with Crippen LogP contribution in [-0.2, 0) is 6.54 Å². The van der Waals surface area contributed by atoms with E-state index in [0.29, 0.717) is 12.0 Å². The molecule has 1 heterocycles. The largest absolute Gasteiger partial charge is 0.457 e. The van der Waals surface area contributed by atoms with E-state index in [4.69, 9.17) is 4.74 Å². The molecule has 1 aliphatic rings. The standard InChI is InChI=1S/C25H36N2O2/c1-4-20(3)25(18-27-14-12-22(28)13-15-27)26-17-21-6-5-7-24(16-21)29-23-10-8-19(2)9-11-23/h5-11,16,20,22,25-26,28H,4,12-15,17-18H2,1-3H3. The van der Waals surface area contributed by atoms with Gasteiger partial charge < -0.3 is 20.1 Å². The molecule has 3 rings (SSSR count). The summed E-state index contributed by atoms with van der Waals surface area (Å²) in [5, 5.41) is 13.5. The fraction of sp³-hybridized carbons (Fsp3) is 0.520. The normalized spacial score (nSPS) is 17.8. The van der Waals surface area contributed by atoms with Crippen LogP contribution in [-0.4, -0.2) is 41.8 Å². The van der Waals surface area contributed by atoms with Gasteiger partial charge in [0.05, 0.1) is 6.10 Å². The Bertz CT molecular complexity index is 739. The van der Waals surface area contributed by atoms with Crippen molar-refractivity contribution in [1.29, 1.82) is 0 Å². The summed E-state index contributed by atoms with van der Waals surface area (Å²) >= 11 is 0. The van der Waals surface area contributed by atoms with E-state index >= 15 is 0 Å². The first-order valence-corrected chi connectivity index (χ1v) is 11.0. The van der Waals surface area contributed by atoms with Crippen molar-refractivity contribution in [2.24, 2.45) is 5.92 Å². The van der Waals surface area contributed by atoms with Gasteiger partial charge in [0.25, 0.3) is 0 Å². The lowest BCUT2D eigenvalue weighted by molar-refractivity contribution is 0.0736. The Morgan fingerprint density at radius 1 is 1.10 bits per heavy atom. The van der Waals surface area contributed by atoms with E-state index in [1.807, 2.05) is 18.2 Å². The second-order valence-corrected chi connectivity index (χ2v) is 8.47. The number of nitrogens with zero attached hydrogens (tertiary/aromatic N) is 1. The zero-order valence-corrected chi connectivity index (χ0v) is 18.1. The molecule has 2 aromatic rings. The summed E-state index contributed by atoms with van der Waals surface area (Å²) in [5.41, 5.74) is 2.46. The van der Waals surface area contributed by atoms with Crippen LogP contribution in [0, 0.1) is 12.8 Å². The molecule has 0 saturated carbocycles. The third-order valence-corrected chi connectivity index (χ3v) is 6.07. The van der Waals surface area contributed by atoms with Crippen LogP contribution in [0.25, 0.3) is 0 Å². The highest BCUT2D eigenvalue weighted by molar-refractivity contribution is 5.35. The van der Waals surface area contributed by atoms with Crippen molar-refractivity contribution in [2.75, 3.05) is 19.6 Å². The zero-order valence-electron chi connectivity index (χ0n) is 18.1. The van der Waals surface area contributed by atoms with Gasteiger partial charge in [0.2, 0.25) is 0 Å². The first kappa shape index (κ1) is 21.8. The number of hydrogen-bond acceptors (Lipinski definition) is 4. The number of ether oxygens (including phenoxy) is 1. The van der Waals surface area contributed by atoms with Crippen LogP contribution in [0.5, 0.6) is 11.5 Å². The Balaban J connectivity index is 1.57. The molecule has 0 bridgehead atoms. The summed E-state index contributed by atoms with van der Waals surface area (Å²) in [5.74, 6) is 2.34. The number of rotatable bonds is 9. The van der Waals surface area contributed by atoms with Gasteiger partial charge in [-0.2, -0.15) is 0 Å². The Kier molecular flexibility index (Phi) is 8.10. The highest BCUT2D eigenvalue weighted by atomic mass is 16.5. The molecule has 0 aromatic heterocycles. The molecule has 0 radical (unpaired) electrons. The van der Waals surface area contributed by atoms with Crippen molar-refractivity contribution in [3.8, 4) is 11.5 Å². The molecular weight excluding hydrogens is 360 g/mol. The molecule has 0 spiro atoms. The van der Waals surface area contributed by atoms with Gasteiger partial charge in [-0.25, -0.2) is 0 Å². The molecule has 1 aliphatic heterocycles. The number of aryl methyl sites for hydroxylation is 1. The number of likely N-dealkylation sites (tertiary alicyclic amines) is 1. The second-order valence-electron chi connectivity index (χ2n) is 8.47. The fourth-order valence-corrected chi connectivity index (χ4v) is 3.82. The molecule has 2 unspecified atom stereocenters. The van der Waals surface area contributed by atoms with E-state index in [2.05, 4.69) is 61.3 Å². The first-order chi connectivity index (χ1) is 14.0. The van der Waals surface area contributed by atoms with E-state index in [9.17, 15) is 5.11 Å². The predicted octanol–water partition coefficient (Wildman–Crippen LogP) is 4.75. The smallest absolute Gasteiger partial charge is 0.127 e. The van der Waals surface area contributed by atoms with Crippen LogP contribution in [0.3, 0.4) is 0 Å². The SMILES string of the molecule is CCC(C)C(CN1CCC(O)CC1)NCc1cccc(Oc2ccc(C)cc2)c1. The fourth-order valence-electron chi connectivity index (χ4n) is 3.82. The minimum atomic E-state index is -0.113. The average Bonchev–Trinajstić information content (AvgIpc) is 2.74. The van der Waals surface area contributed by atoms with Gasteiger partial charge in [-0.3, -0.25) is 0 Å². The van der Waals surface area contributed by atoms with Crippen molar-refractivity contribution in [3.63, 3.8) is 0 Å². The molecule has 1 fully saturated rings. The van der Waals surface area contributed by atoms with Gasteiger partial charge in [-0.15, -0.1) is 0 Å². The van der Waals surface area contributed by atoms with E-state index < -0.39 is 0 Å². The van der Waals surface area contributed by atoms with Crippen molar-refractivity contribution < 1.29 is 9.84 Å². The molecule has 158 valence electrons. The van der Waals surface area contributed by atoms with Crippen LogP contribution in [0.15, 0.2) is 48.5 Å². The maximum Gasteiger partial charge on any atom is 0.127 e. The number of benzene rings is 2. The van der Waals surface area contributed by atoms with Crippen molar-refractivity contribution >= 4 is 0 Å². The summed E-state index contributed by atoms with van der Waals surface area (Å²) in [4.78, 5) is 2.49. The Labute approximate surface area is 175 Å². The van der Waals surface area contributed by atoms with Crippen LogP contribution in [0.2, 0.25) is 0 Å². The number of aliphatic hydroxyl groups is 1. The van der Waals surface area contributed by atoms with Gasteiger partial charge in [0.15, 0.2) is 0 Å². The number of hydrogen-bond donors (Lipinski definition) is 2. The molecule has 2 aromatic carbocycles. The molecule has 2 atom stereocenters. The predicted molar refractivity (Wildman–Crippen MR) is 119 cm³/mol. The Morgan fingerprint density at radius 3 is 2.52 bits per heavy atom. The molecule has 0 amide bonds. The van der Waals surface area contributed by atoms with Gasteiger partial charge >= 0.3 is 0 Å². The van der Waals surface area contributed by atoms with E-state index in [1.165, 1.54) is 11.1 Å². The second kappa shape index (κ2) is 10.8. The molecule has 4 heteroatoms. The molecule has 2 N–H and O–H groups in total. The third-order valence-electron chi connectivity index (χ3n) is 6.07. The number of nitrogens with one attached hydrogen (secondary N) is 1. The van der Waals surface area contributed by atoms with Crippen molar-refractivity contribution in [3.05, 3.63) is 59.7 Å². The lowest BCUT2D eigenvalue weighted by Crippen LogP contribution is -2.47. The summed E-state index contributed by atoms with van der Waals surface area (Å²) in [7, 11) is 0. The molecule has 4 nitrogen and oxygen atoms in total. The Hall–Kier alpha value is -1.88. The average molecular weight is 397 g/mol. The number of aliphatic hydroxyl groups excluding tert-OH is 1. The lowest BCUT2D eigenvalue weighted by Gasteiger charge is -2.35. The Morgan fingerprint density at radius 2 is 1.83 bits per heavy atom. The van der Waals surface area contributed by atoms with Crippen LogP contribution < -0.4 is 10.1 Å². The third kappa shape index (κ3) is 6.84. The zero-order chi connectivity index (χ0) is 20.6. The van der Waals surface area contributed by atoms with Gasteiger partial charge in [-0.05, 0) is 55.5 Å². The monoisotopic (exact) mass is 396 g/mol. The van der Waals surface area contributed by atoms with E-state index in [0.717, 1.165) is 56.9 Å². The summed E-state index contributed by atoms with van der Waals surface area (Å²) < 4.78 is 6.02. The van der Waals surface area contributed by atoms with Crippen molar-refractivity contribution in [2.45, 2.75) is 58.7 Å². The number of piperidine rings is 1. The topological polar surface area (TPSA) is 44.7 Å². The van der Waals surface area contributed by atoms with Crippen molar-refractivity contribution in [1.82, 2.24) is 10.2 Å². The van der Waals surface area contributed by atoms with E-state index in [-0.39, 0.29) is 6.10 Å². The summed E-state index contributed by atoms with van der Waals surface area (Å²) in [6, 6.07) is 16.9. The summed E-state index contributed by atoms with van der Waals surface area (Å²) in [6.45, 7) is 10.5. The van der Waals surface area contributed by atoms with Crippen LogP contribution >= 0.6 is 0 Å². The van der Waals surface area contributed by atoms with E-state index in [1.54, 1.807) is 0 Å². The molecule has 29 heavy (non-hydrogen) atoms. The minimum absolute atomic E-state index is 0.113. The highest BCUT2D eigenvalue weighted by Gasteiger charge is 2.22. The lowest BCUT2D eigenvalue weighted by atomic mass is 9.97. The summed E-state index contributed by atoms with van der Waals surface area (Å²) in [6.07, 6.45) is 2.83.